The van der Waals surface area contributed by atoms with Gasteiger partial charge in [0.2, 0.25) is 0 Å². The molecule has 0 saturated carbocycles. The standard InChI is InChI=1S/C7H14N2O4/c1-4(2)5(8)6(10)13-3-9-7(11)12/h4-5,9H,3,8H2,1-2H3,(H,11,12)/t5-/m1/s1. The van der Waals surface area contributed by atoms with Gasteiger partial charge in [-0.1, -0.05) is 13.8 Å². The van der Waals surface area contributed by atoms with Crippen LogP contribution in [0.25, 0.3) is 0 Å². The number of esters is 1. The highest BCUT2D eigenvalue weighted by molar-refractivity contribution is 5.76. The van der Waals surface area contributed by atoms with E-state index >= 15 is 0 Å². The molecule has 6 nitrogen and oxygen atoms in total. The van der Waals surface area contributed by atoms with Crippen molar-refractivity contribution >= 4 is 12.1 Å². The van der Waals surface area contributed by atoms with Crippen molar-refractivity contribution in [3.05, 3.63) is 0 Å². The van der Waals surface area contributed by atoms with Crippen molar-refractivity contribution in [2.75, 3.05) is 6.73 Å². The minimum Gasteiger partial charge on any atom is -0.465 e. The fraction of sp³-hybridized carbons (Fsp3) is 0.714. The summed E-state index contributed by atoms with van der Waals surface area (Å²) in [4.78, 5) is 20.9. The van der Waals surface area contributed by atoms with Gasteiger partial charge in [-0.3, -0.25) is 10.1 Å². The maximum Gasteiger partial charge on any atom is 0.407 e. The average Bonchev–Trinajstić information content (AvgIpc) is 2.02. The quantitative estimate of drug-likeness (QED) is 0.418. The van der Waals surface area contributed by atoms with Crippen LogP contribution in [0.2, 0.25) is 0 Å². The Bertz CT molecular complexity index is 193. The van der Waals surface area contributed by atoms with Gasteiger partial charge in [0, 0.05) is 0 Å². The van der Waals surface area contributed by atoms with E-state index in [1.165, 1.54) is 0 Å². The minimum absolute atomic E-state index is 0.0303. The summed E-state index contributed by atoms with van der Waals surface area (Å²) in [6.45, 7) is 3.18. The van der Waals surface area contributed by atoms with E-state index in [1.807, 2.05) is 5.32 Å². The molecule has 4 N–H and O–H groups in total. The molecule has 0 saturated heterocycles. The van der Waals surface area contributed by atoms with E-state index in [0.717, 1.165) is 0 Å². The zero-order valence-corrected chi connectivity index (χ0v) is 7.61. The molecule has 0 rings (SSSR count). The molecule has 0 aromatic rings. The van der Waals surface area contributed by atoms with Gasteiger partial charge in [0.05, 0.1) is 0 Å². The van der Waals surface area contributed by atoms with Gasteiger partial charge >= 0.3 is 12.1 Å². The molecule has 0 aliphatic rings. The molecular formula is C7H14N2O4. The number of hydrogen-bond donors (Lipinski definition) is 3. The first-order valence-electron chi connectivity index (χ1n) is 3.84. The largest absolute Gasteiger partial charge is 0.465 e. The van der Waals surface area contributed by atoms with E-state index in [-0.39, 0.29) is 12.6 Å². The average molecular weight is 190 g/mol. The Labute approximate surface area is 76.0 Å². The van der Waals surface area contributed by atoms with Crippen LogP contribution in [-0.4, -0.2) is 29.9 Å². The van der Waals surface area contributed by atoms with E-state index in [2.05, 4.69) is 4.74 Å². The van der Waals surface area contributed by atoms with Gasteiger partial charge in [0.1, 0.15) is 6.04 Å². The molecule has 1 amide bonds. The summed E-state index contributed by atoms with van der Waals surface area (Å²) in [5.74, 6) is -0.638. The summed E-state index contributed by atoms with van der Waals surface area (Å²) in [6, 6.07) is -0.712. The molecule has 1 atom stereocenters. The number of amides is 1. The molecule has 0 aliphatic heterocycles. The van der Waals surface area contributed by atoms with Gasteiger partial charge in [-0.25, -0.2) is 4.79 Å². The molecule has 0 aliphatic carbocycles. The van der Waals surface area contributed by atoms with Crippen LogP contribution in [0.4, 0.5) is 4.79 Å². The molecule has 0 heterocycles. The Hall–Kier alpha value is -1.30. The molecule has 0 radical (unpaired) electrons. The van der Waals surface area contributed by atoms with Crippen LogP contribution in [-0.2, 0) is 9.53 Å². The first kappa shape index (κ1) is 11.7. The van der Waals surface area contributed by atoms with Crippen molar-refractivity contribution in [3.63, 3.8) is 0 Å². The minimum atomic E-state index is -1.24. The number of nitrogens with one attached hydrogen (secondary N) is 1. The molecule has 0 bridgehead atoms. The molecule has 0 spiro atoms. The maximum atomic E-state index is 11.0. The topological polar surface area (TPSA) is 102 Å². The zero-order chi connectivity index (χ0) is 10.4. The van der Waals surface area contributed by atoms with Gasteiger partial charge in [-0.15, -0.1) is 0 Å². The van der Waals surface area contributed by atoms with Crippen molar-refractivity contribution in [1.82, 2.24) is 5.32 Å². The van der Waals surface area contributed by atoms with Gasteiger partial charge in [0.25, 0.3) is 0 Å². The van der Waals surface area contributed by atoms with E-state index in [4.69, 9.17) is 10.8 Å². The highest BCUT2D eigenvalue weighted by atomic mass is 16.5. The first-order valence-corrected chi connectivity index (χ1v) is 3.84. The van der Waals surface area contributed by atoms with Crippen molar-refractivity contribution in [3.8, 4) is 0 Å². The predicted molar refractivity (Wildman–Crippen MR) is 44.9 cm³/mol. The lowest BCUT2D eigenvalue weighted by atomic mass is 10.1. The van der Waals surface area contributed by atoms with Crippen molar-refractivity contribution in [2.24, 2.45) is 11.7 Å². The van der Waals surface area contributed by atoms with Crippen molar-refractivity contribution in [1.29, 1.82) is 0 Å². The van der Waals surface area contributed by atoms with E-state index in [1.54, 1.807) is 13.8 Å². The Morgan fingerprint density at radius 3 is 2.46 bits per heavy atom. The van der Waals surface area contributed by atoms with E-state index < -0.39 is 18.1 Å². The van der Waals surface area contributed by atoms with Crippen LogP contribution < -0.4 is 11.1 Å². The van der Waals surface area contributed by atoms with Crippen LogP contribution in [0.15, 0.2) is 0 Å². The maximum absolute atomic E-state index is 11.0. The zero-order valence-electron chi connectivity index (χ0n) is 7.61. The smallest absolute Gasteiger partial charge is 0.407 e. The predicted octanol–water partition coefficient (Wildman–Crippen LogP) is -0.262. The second-order valence-electron chi connectivity index (χ2n) is 2.86. The summed E-state index contributed by atoms with van der Waals surface area (Å²) < 4.78 is 4.52. The second kappa shape index (κ2) is 5.36. The Morgan fingerprint density at radius 2 is 2.08 bits per heavy atom. The number of ether oxygens (including phenoxy) is 1. The third-order valence-electron chi connectivity index (χ3n) is 1.43. The molecule has 6 heteroatoms. The monoisotopic (exact) mass is 190 g/mol. The number of hydrogen-bond acceptors (Lipinski definition) is 4. The molecule has 76 valence electrons. The van der Waals surface area contributed by atoms with Crippen LogP contribution in [0.1, 0.15) is 13.8 Å². The van der Waals surface area contributed by atoms with Gasteiger partial charge < -0.3 is 15.6 Å². The Morgan fingerprint density at radius 1 is 1.54 bits per heavy atom. The lowest BCUT2D eigenvalue weighted by Crippen LogP contribution is -2.39. The second-order valence-corrected chi connectivity index (χ2v) is 2.86. The van der Waals surface area contributed by atoms with Gasteiger partial charge in [-0.2, -0.15) is 0 Å². The van der Waals surface area contributed by atoms with E-state index in [9.17, 15) is 9.59 Å². The van der Waals surface area contributed by atoms with Gasteiger partial charge in [-0.05, 0) is 5.92 Å². The van der Waals surface area contributed by atoms with Crippen LogP contribution in [0.5, 0.6) is 0 Å². The summed E-state index contributed by atoms with van der Waals surface area (Å²) >= 11 is 0. The molecule has 0 unspecified atom stereocenters. The lowest BCUT2D eigenvalue weighted by Gasteiger charge is -2.13. The summed E-state index contributed by atoms with van der Waals surface area (Å²) in [5, 5.41) is 10.0. The molecular weight excluding hydrogens is 176 g/mol. The lowest BCUT2D eigenvalue weighted by molar-refractivity contribution is -0.146. The van der Waals surface area contributed by atoms with Crippen LogP contribution >= 0.6 is 0 Å². The molecule has 0 aromatic carbocycles. The fourth-order valence-corrected chi connectivity index (χ4v) is 0.537. The van der Waals surface area contributed by atoms with Crippen molar-refractivity contribution in [2.45, 2.75) is 19.9 Å². The summed E-state index contributed by atoms with van der Waals surface area (Å²) in [6.07, 6.45) is -1.24. The van der Waals surface area contributed by atoms with Gasteiger partial charge in [0.15, 0.2) is 6.73 Å². The molecule has 13 heavy (non-hydrogen) atoms. The first-order chi connectivity index (χ1) is 5.95. The summed E-state index contributed by atoms with van der Waals surface area (Å²) in [7, 11) is 0. The number of carboxylic acid groups (broad SMARTS) is 1. The fourth-order valence-electron chi connectivity index (χ4n) is 0.537. The number of rotatable bonds is 4. The SMILES string of the molecule is CC(C)[C@@H](N)C(=O)OCNC(=O)O. The Kier molecular flexibility index (Phi) is 4.83. The van der Waals surface area contributed by atoms with Crippen molar-refractivity contribution < 1.29 is 19.4 Å². The Balaban J connectivity index is 3.68. The highest BCUT2D eigenvalue weighted by Gasteiger charge is 2.18. The molecule has 0 fully saturated rings. The van der Waals surface area contributed by atoms with Crippen LogP contribution in [0, 0.1) is 5.92 Å². The van der Waals surface area contributed by atoms with Crippen LogP contribution in [0.3, 0.4) is 0 Å². The molecule has 0 aromatic heterocycles. The number of carbonyl (C=O) groups is 2. The third-order valence-corrected chi connectivity index (χ3v) is 1.43. The van der Waals surface area contributed by atoms with E-state index in [0.29, 0.717) is 0 Å². The summed E-state index contributed by atoms with van der Waals surface area (Å²) in [5.41, 5.74) is 5.43. The number of nitrogens with two attached hydrogens (primary N) is 1. The normalized spacial score (nSPS) is 12.3. The highest BCUT2D eigenvalue weighted by Crippen LogP contribution is 1.99. The third kappa shape index (κ3) is 5.02. The number of carbonyl (C=O) groups excluding carboxylic acids is 1.